The Morgan fingerprint density at radius 2 is 1.79 bits per heavy atom. The second kappa shape index (κ2) is 9.78. The number of hydrogen-bond donors (Lipinski definition) is 1. The third kappa shape index (κ3) is 5.31. The summed E-state index contributed by atoms with van der Waals surface area (Å²) in [5.74, 6) is -6.25. The number of morpholine rings is 1. The highest BCUT2D eigenvalue weighted by atomic mass is 19.1. The van der Waals surface area contributed by atoms with Gasteiger partial charge < -0.3 is 14.4 Å². The molecule has 38 heavy (non-hydrogen) atoms. The number of hydrogen-bond acceptors (Lipinski definition) is 6. The topological polar surface area (TPSA) is 88.2 Å². The average molecular weight is 534 g/mol. The second-order valence-electron chi connectivity index (χ2n) is 10.4. The van der Waals surface area contributed by atoms with Crippen LogP contribution in [0.2, 0.25) is 0 Å². The number of benzene rings is 2. The van der Waals surface area contributed by atoms with Crippen molar-refractivity contribution in [3.8, 4) is 5.75 Å². The molecule has 0 aromatic heterocycles. The van der Waals surface area contributed by atoms with Gasteiger partial charge in [0.1, 0.15) is 24.2 Å². The summed E-state index contributed by atoms with van der Waals surface area (Å²) in [6, 6.07) is 4.33. The van der Waals surface area contributed by atoms with Crippen LogP contribution >= 0.6 is 0 Å². The zero-order valence-corrected chi connectivity index (χ0v) is 21.3. The van der Waals surface area contributed by atoms with Gasteiger partial charge in [-0.1, -0.05) is 24.3 Å². The number of nitrogens with one attached hydrogen (secondary N) is 1. The highest BCUT2D eigenvalue weighted by Crippen LogP contribution is 2.34. The molecule has 5 rings (SSSR count). The Labute approximate surface area is 236 Å². The SMILES string of the molecule is [2H]C([2H])(Oc1cccc2c1C([2H])([2H])N(C1C(=O)NC(=O)C([2H])([2H])C1([2H])[2H])C2=O)c1cccc(C([2H])([2H])N2CC(C)(C)OC(C)(C)C2)c1F. The van der Waals surface area contributed by atoms with Crippen LogP contribution in [0.5, 0.6) is 5.75 Å². The largest absolute Gasteiger partial charge is 0.488 e. The summed E-state index contributed by atoms with van der Waals surface area (Å²) in [4.78, 5) is 40.0. The fourth-order valence-corrected chi connectivity index (χ4v) is 4.83. The molecular formula is C29H34FN3O5. The monoisotopic (exact) mass is 533 g/mol. The van der Waals surface area contributed by atoms with Crippen molar-refractivity contribution >= 4 is 17.7 Å². The number of halogens is 1. The lowest BCUT2D eigenvalue weighted by Crippen LogP contribution is -2.56. The molecule has 2 fully saturated rings. The minimum atomic E-state index is -3.40. The van der Waals surface area contributed by atoms with Crippen molar-refractivity contribution in [3.63, 3.8) is 0 Å². The van der Waals surface area contributed by atoms with E-state index in [4.69, 9.17) is 23.2 Å². The Hall–Kier alpha value is -3.30. The molecule has 0 radical (unpaired) electrons. The summed E-state index contributed by atoms with van der Waals surface area (Å²) in [5.41, 5.74) is -3.96. The van der Waals surface area contributed by atoms with Gasteiger partial charge >= 0.3 is 0 Å². The number of amides is 3. The van der Waals surface area contributed by atoms with Gasteiger partial charge in [0.05, 0.1) is 23.2 Å². The van der Waals surface area contributed by atoms with Gasteiger partial charge in [0.15, 0.2) is 0 Å². The molecule has 9 heteroatoms. The van der Waals surface area contributed by atoms with E-state index in [-0.39, 0.29) is 18.0 Å². The Bertz CT molecular complexity index is 1700. The van der Waals surface area contributed by atoms with Gasteiger partial charge in [0.2, 0.25) is 11.8 Å². The predicted octanol–water partition coefficient (Wildman–Crippen LogP) is 3.56. The maximum absolute atomic E-state index is 16.2. The molecule has 8 nitrogen and oxygen atoms in total. The normalized spacial score (nSPS) is 31.4. The highest BCUT2D eigenvalue weighted by molar-refractivity contribution is 6.05. The van der Waals surface area contributed by atoms with Crippen molar-refractivity contribution in [2.75, 3.05) is 13.1 Å². The molecule has 3 heterocycles. The molecular weight excluding hydrogens is 489 g/mol. The second-order valence-corrected chi connectivity index (χ2v) is 10.4. The van der Waals surface area contributed by atoms with Crippen LogP contribution in [0.15, 0.2) is 36.4 Å². The van der Waals surface area contributed by atoms with Crippen LogP contribution in [0.4, 0.5) is 4.39 Å². The Kier molecular flexibility index (Phi) is 4.28. The van der Waals surface area contributed by atoms with Crippen LogP contribution < -0.4 is 10.1 Å². The molecule has 3 aliphatic heterocycles. The van der Waals surface area contributed by atoms with Crippen LogP contribution in [-0.4, -0.2) is 57.9 Å². The zero-order valence-electron chi connectivity index (χ0n) is 31.3. The van der Waals surface area contributed by atoms with E-state index in [1.165, 1.54) is 23.1 Å². The first-order chi connectivity index (χ1) is 21.7. The molecule has 3 amide bonds. The number of fused-ring (bicyclic) bond motifs is 1. The molecule has 1 unspecified atom stereocenters. The number of imide groups is 1. The number of nitrogens with zero attached hydrogens (tertiary/aromatic N) is 2. The van der Waals surface area contributed by atoms with Crippen molar-refractivity contribution in [1.29, 1.82) is 0 Å². The minimum Gasteiger partial charge on any atom is -0.488 e. The first-order valence-corrected chi connectivity index (χ1v) is 12.0. The summed E-state index contributed by atoms with van der Waals surface area (Å²) < 4.78 is 113. The van der Waals surface area contributed by atoms with Crippen molar-refractivity contribution in [2.45, 2.75) is 77.2 Å². The molecule has 2 aromatic rings. The lowest BCUT2D eigenvalue weighted by atomic mass is 9.98. The Morgan fingerprint density at radius 3 is 2.53 bits per heavy atom. The van der Waals surface area contributed by atoms with Crippen molar-refractivity contribution in [3.05, 3.63) is 64.5 Å². The zero-order chi connectivity index (χ0) is 36.2. The molecule has 1 N–H and O–H groups in total. The van der Waals surface area contributed by atoms with E-state index in [9.17, 15) is 14.4 Å². The summed E-state index contributed by atoms with van der Waals surface area (Å²) >= 11 is 0. The average Bonchev–Trinajstić information content (AvgIpc) is 3.11. The van der Waals surface area contributed by atoms with E-state index in [0.717, 1.165) is 18.2 Å². The summed E-state index contributed by atoms with van der Waals surface area (Å²) in [5, 5.41) is 1.64. The standard InChI is InChI=1S/C29H34FN3O5/c1-28(2)16-32(17-29(3,4)38-28)13-18-7-5-8-19(25(18)30)15-37-23-10-6-9-20-21(23)14-33(27(20)36)22-11-12-24(34)31-26(22)35/h5-10,22H,11-17H2,1-4H3,(H,31,34,35)/i11D2,12D2,13D2,14D2,15D2. The molecule has 0 aliphatic carbocycles. The van der Waals surface area contributed by atoms with Gasteiger partial charge in [0.25, 0.3) is 5.91 Å². The van der Waals surface area contributed by atoms with Gasteiger partial charge in [-0.2, -0.15) is 0 Å². The van der Waals surface area contributed by atoms with Gasteiger partial charge in [-0.3, -0.25) is 24.6 Å². The van der Waals surface area contributed by atoms with E-state index < -0.39 is 101 Å². The van der Waals surface area contributed by atoms with Crippen molar-refractivity contribution in [2.24, 2.45) is 0 Å². The van der Waals surface area contributed by atoms with Gasteiger partial charge in [-0.25, -0.2) is 4.39 Å². The summed E-state index contributed by atoms with van der Waals surface area (Å²) in [6.45, 7) is -1.45. The summed E-state index contributed by atoms with van der Waals surface area (Å²) in [7, 11) is 0. The van der Waals surface area contributed by atoms with Crippen LogP contribution in [0.25, 0.3) is 0 Å². The van der Waals surface area contributed by atoms with Gasteiger partial charge in [-0.05, 0) is 46.2 Å². The van der Waals surface area contributed by atoms with Gasteiger partial charge in [0, 0.05) is 56.4 Å². The van der Waals surface area contributed by atoms with E-state index >= 15 is 4.39 Å². The van der Waals surface area contributed by atoms with Crippen molar-refractivity contribution < 1.29 is 42.0 Å². The van der Waals surface area contributed by atoms with Crippen LogP contribution in [0, 0.1) is 5.82 Å². The first-order valence-electron chi connectivity index (χ1n) is 17.0. The van der Waals surface area contributed by atoms with E-state index in [0.29, 0.717) is 0 Å². The van der Waals surface area contributed by atoms with Gasteiger partial charge in [-0.15, -0.1) is 0 Å². The van der Waals surface area contributed by atoms with Crippen LogP contribution in [0.3, 0.4) is 0 Å². The van der Waals surface area contributed by atoms with Crippen LogP contribution in [-0.2, 0) is 33.9 Å². The molecule has 0 saturated carbocycles. The molecule has 2 saturated heterocycles. The smallest absolute Gasteiger partial charge is 0.255 e. The Morgan fingerprint density at radius 1 is 1.11 bits per heavy atom. The number of carbonyl (C=O) groups excluding carboxylic acids is 3. The number of piperidine rings is 1. The maximum atomic E-state index is 16.2. The quantitative estimate of drug-likeness (QED) is 0.572. The molecule has 202 valence electrons. The van der Waals surface area contributed by atoms with E-state index in [1.54, 1.807) is 33.0 Å². The fourth-order valence-electron chi connectivity index (χ4n) is 4.83. The lowest BCUT2D eigenvalue weighted by Gasteiger charge is -2.47. The number of carbonyl (C=O) groups is 3. The predicted molar refractivity (Wildman–Crippen MR) is 138 cm³/mol. The number of ether oxygens (including phenoxy) is 2. The molecule has 0 spiro atoms. The lowest BCUT2D eigenvalue weighted by molar-refractivity contribution is -0.182. The van der Waals surface area contributed by atoms with E-state index in [2.05, 4.69) is 0 Å². The highest BCUT2D eigenvalue weighted by Gasteiger charge is 2.40. The van der Waals surface area contributed by atoms with Crippen molar-refractivity contribution in [1.82, 2.24) is 15.1 Å². The Balaban J connectivity index is 1.53. The van der Waals surface area contributed by atoms with E-state index in [1.807, 2.05) is 0 Å². The third-order valence-corrected chi connectivity index (χ3v) is 6.02. The third-order valence-electron chi connectivity index (χ3n) is 6.02. The number of rotatable bonds is 6. The minimum absolute atomic E-state index is 0.0823. The summed E-state index contributed by atoms with van der Waals surface area (Å²) in [6.07, 6.45) is -6.76. The maximum Gasteiger partial charge on any atom is 0.255 e. The first kappa shape index (κ1) is 16.6. The fraction of sp³-hybridized carbons (Fsp3) is 0.483. The molecule has 0 bridgehead atoms. The molecule has 3 aliphatic rings. The molecule has 2 aromatic carbocycles. The molecule has 1 atom stereocenters. The van der Waals surface area contributed by atoms with Crippen LogP contribution in [0.1, 0.15) is 81.2 Å².